The number of nitrogens with zero attached hydrogens (tertiary/aromatic N) is 4. The van der Waals surface area contributed by atoms with Crippen molar-refractivity contribution in [1.82, 2.24) is 18.9 Å². The molecule has 4 aromatic carbocycles. The molecule has 13 heteroatoms. The second-order valence-corrected chi connectivity index (χ2v) is 14.5. The highest BCUT2D eigenvalue weighted by atomic mass is 79.9. The number of hydrazine groups is 1. The summed E-state index contributed by atoms with van der Waals surface area (Å²) in [5.74, 6) is -2.80. The van der Waals surface area contributed by atoms with E-state index >= 15 is 4.79 Å². The van der Waals surface area contributed by atoms with E-state index in [1.54, 1.807) is 48.5 Å². The number of hydrogen-bond acceptors (Lipinski definition) is 7. The van der Waals surface area contributed by atoms with Crippen molar-refractivity contribution in [3.05, 3.63) is 149 Å². The average Bonchev–Trinajstić information content (AvgIpc) is 3.53. The van der Waals surface area contributed by atoms with E-state index in [1.165, 1.54) is 16.5 Å². The second-order valence-electron chi connectivity index (χ2n) is 12.9. The van der Waals surface area contributed by atoms with Crippen molar-refractivity contribution in [3.63, 3.8) is 0 Å². The van der Waals surface area contributed by atoms with E-state index in [-0.39, 0.29) is 24.5 Å². The number of allylic oxidation sites excluding steroid dienone is 2. The molecule has 1 aliphatic carbocycles. The summed E-state index contributed by atoms with van der Waals surface area (Å²) in [6, 6.07) is 26.2. The Balaban J connectivity index is 1.42. The highest BCUT2D eigenvalue weighted by molar-refractivity contribution is 9.13. The Kier molecular flexibility index (Phi) is 7.95. The predicted octanol–water partition coefficient (Wildman–Crippen LogP) is 5.97. The molecule has 2 N–H and O–H groups in total. The number of ether oxygens (including phenoxy) is 1. The fourth-order valence-corrected chi connectivity index (χ4v) is 9.08. The summed E-state index contributed by atoms with van der Waals surface area (Å²) in [4.78, 5) is 58.4. The summed E-state index contributed by atoms with van der Waals surface area (Å²) in [5.41, 5.74) is 4.34. The lowest BCUT2D eigenvalue weighted by Crippen LogP contribution is -2.53. The number of carbonyl (C=O) groups is 2. The van der Waals surface area contributed by atoms with Crippen molar-refractivity contribution < 1.29 is 19.4 Å². The van der Waals surface area contributed by atoms with Gasteiger partial charge in [0.15, 0.2) is 11.5 Å². The number of amides is 2. The first-order valence-corrected chi connectivity index (χ1v) is 17.9. The molecule has 0 bridgehead atoms. The molecule has 51 heavy (non-hydrogen) atoms. The Morgan fingerprint density at radius 3 is 2.22 bits per heavy atom. The minimum Gasteiger partial charge on any atom is -0.503 e. The van der Waals surface area contributed by atoms with Crippen LogP contribution in [0.25, 0.3) is 5.69 Å². The zero-order chi connectivity index (χ0) is 35.8. The Hall–Kier alpha value is -5.14. The molecule has 8 rings (SSSR count). The van der Waals surface area contributed by atoms with Crippen LogP contribution in [0, 0.1) is 12.8 Å². The molecule has 2 fully saturated rings. The minimum absolute atomic E-state index is 0.0489. The summed E-state index contributed by atoms with van der Waals surface area (Å²) in [7, 11) is 1.43. The van der Waals surface area contributed by atoms with Crippen LogP contribution >= 0.6 is 31.9 Å². The molecule has 1 aromatic heterocycles. The standard InChI is InChI=1S/C38H31Br2N5O6/c1-21-13-15-23(16-14-21)41-44-34(47)27-20-28-25(17-18-42-36(49)43(37(50)45(28)42)24-11-7-4-8-12-24)30(26-19-29(51-2)33(46)32(40)31(26)39)38(27,35(44)48)22-9-5-3-6-10-22/h3-17,19,27-28,30,41,46H,18,20H2,1-2H3. The van der Waals surface area contributed by atoms with Crippen molar-refractivity contribution in [2.24, 2.45) is 5.92 Å². The smallest absolute Gasteiger partial charge is 0.352 e. The zero-order valence-corrected chi connectivity index (χ0v) is 30.6. The number of aryl methyl sites for hydroxylation is 1. The molecule has 258 valence electrons. The van der Waals surface area contributed by atoms with Gasteiger partial charge in [0, 0.05) is 10.4 Å². The molecular formula is C38H31Br2N5O6. The number of fused-ring (bicyclic) bond motifs is 4. The summed E-state index contributed by atoms with van der Waals surface area (Å²) < 4.78 is 10.3. The number of phenols is 1. The molecule has 2 aliphatic heterocycles. The quantitative estimate of drug-likeness (QED) is 0.160. The van der Waals surface area contributed by atoms with Gasteiger partial charge in [-0.05, 0) is 92.2 Å². The van der Waals surface area contributed by atoms with Gasteiger partial charge in [-0.15, -0.1) is 0 Å². The number of anilines is 1. The number of phenolic OH excluding ortho intramolecular Hbond substituents is 1. The number of halogens is 2. The van der Waals surface area contributed by atoms with Crippen molar-refractivity contribution in [2.75, 3.05) is 12.5 Å². The molecule has 3 aliphatic rings. The highest BCUT2D eigenvalue weighted by Crippen LogP contribution is 2.63. The maximum absolute atomic E-state index is 15.4. The lowest BCUT2D eigenvalue weighted by molar-refractivity contribution is -0.138. The molecule has 4 unspecified atom stereocenters. The summed E-state index contributed by atoms with van der Waals surface area (Å²) >= 11 is 7.21. The number of carbonyl (C=O) groups excluding carboxylic acids is 2. The Morgan fingerprint density at radius 2 is 1.55 bits per heavy atom. The number of hydrogen-bond donors (Lipinski definition) is 2. The first-order chi connectivity index (χ1) is 24.6. The van der Waals surface area contributed by atoms with Gasteiger partial charge in [-0.1, -0.05) is 72.3 Å². The van der Waals surface area contributed by atoms with Crippen LogP contribution in [-0.4, -0.2) is 43.0 Å². The number of para-hydroxylation sites is 1. The van der Waals surface area contributed by atoms with E-state index in [4.69, 9.17) is 4.74 Å². The third-order valence-corrected chi connectivity index (χ3v) is 12.5. The molecule has 0 spiro atoms. The Bertz CT molecular complexity index is 2390. The Labute approximate surface area is 308 Å². The molecule has 11 nitrogen and oxygen atoms in total. The van der Waals surface area contributed by atoms with E-state index in [2.05, 4.69) is 37.3 Å². The van der Waals surface area contributed by atoms with Crippen LogP contribution in [0.5, 0.6) is 11.5 Å². The molecule has 2 amide bonds. The third kappa shape index (κ3) is 4.74. The van der Waals surface area contributed by atoms with Gasteiger partial charge in [0.1, 0.15) is 0 Å². The van der Waals surface area contributed by atoms with Gasteiger partial charge in [-0.3, -0.25) is 15.0 Å². The molecule has 1 saturated carbocycles. The minimum atomic E-state index is -1.52. The SMILES string of the molecule is COc1cc(C2C3=CCn4c(=O)n(-c5ccccc5)c(=O)n4C3CC3C(=O)N(Nc4ccc(C)cc4)C(=O)C32c2ccccc2)c(Br)c(Br)c1O. The maximum Gasteiger partial charge on any atom is 0.352 e. The van der Waals surface area contributed by atoms with Crippen LogP contribution in [0.4, 0.5) is 5.69 Å². The maximum atomic E-state index is 15.4. The normalized spacial score (nSPS) is 22.2. The largest absolute Gasteiger partial charge is 0.503 e. The van der Waals surface area contributed by atoms with Gasteiger partial charge < -0.3 is 9.84 Å². The van der Waals surface area contributed by atoms with Crippen LogP contribution in [0.1, 0.15) is 35.1 Å². The van der Waals surface area contributed by atoms with Crippen LogP contribution in [0.2, 0.25) is 0 Å². The highest BCUT2D eigenvalue weighted by Gasteiger charge is 2.69. The number of imide groups is 1. The van der Waals surface area contributed by atoms with Crippen LogP contribution in [0.15, 0.2) is 121 Å². The number of aromatic nitrogens is 3. The van der Waals surface area contributed by atoms with Gasteiger partial charge in [-0.2, -0.15) is 5.01 Å². The van der Waals surface area contributed by atoms with E-state index < -0.39 is 46.5 Å². The van der Waals surface area contributed by atoms with E-state index in [1.807, 2.05) is 55.5 Å². The molecule has 1 saturated heterocycles. The van der Waals surface area contributed by atoms with Gasteiger partial charge in [-0.25, -0.2) is 23.5 Å². The van der Waals surface area contributed by atoms with Crippen molar-refractivity contribution in [1.29, 1.82) is 0 Å². The number of rotatable bonds is 6. The van der Waals surface area contributed by atoms with E-state index in [0.717, 1.165) is 15.1 Å². The van der Waals surface area contributed by atoms with E-state index in [9.17, 15) is 19.5 Å². The molecule has 4 atom stereocenters. The third-order valence-electron chi connectivity index (χ3n) is 10.4. The summed E-state index contributed by atoms with van der Waals surface area (Å²) in [6.07, 6.45) is 1.94. The zero-order valence-electron chi connectivity index (χ0n) is 27.4. The fraction of sp³-hybridized carbons (Fsp3) is 0.211. The molecule has 0 radical (unpaired) electrons. The first-order valence-electron chi connectivity index (χ1n) is 16.3. The van der Waals surface area contributed by atoms with Crippen LogP contribution in [-0.2, 0) is 21.5 Å². The second kappa shape index (κ2) is 12.3. The van der Waals surface area contributed by atoms with Crippen molar-refractivity contribution >= 4 is 49.4 Å². The number of aromatic hydroxyl groups is 1. The fourth-order valence-electron chi connectivity index (χ4n) is 8.13. The average molecular weight is 814 g/mol. The molecular weight excluding hydrogens is 782 g/mol. The number of benzene rings is 4. The molecule has 3 heterocycles. The first kappa shape index (κ1) is 33.0. The molecule has 5 aromatic rings. The topological polar surface area (TPSA) is 128 Å². The van der Waals surface area contributed by atoms with Gasteiger partial charge in [0.2, 0.25) is 0 Å². The van der Waals surface area contributed by atoms with E-state index in [0.29, 0.717) is 37.0 Å². The summed E-state index contributed by atoms with van der Waals surface area (Å²) in [5, 5.41) is 12.1. The monoisotopic (exact) mass is 811 g/mol. The number of nitrogens with one attached hydrogen (secondary N) is 1. The summed E-state index contributed by atoms with van der Waals surface area (Å²) in [6.45, 7) is 2.00. The van der Waals surface area contributed by atoms with Crippen LogP contribution < -0.4 is 21.5 Å². The van der Waals surface area contributed by atoms with Crippen LogP contribution in [0.3, 0.4) is 0 Å². The van der Waals surface area contributed by atoms with Gasteiger partial charge in [0.25, 0.3) is 11.8 Å². The predicted molar refractivity (Wildman–Crippen MR) is 197 cm³/mol. The number of methoxy groups -OCH3 is 1. The lowest BCUT2D eigenvalue weighted by Gasteiger charge is -2.49. The van der Waals surface area contributed by atoms with Crippen molar-refractivity contribution in [2.45, 2.75) is 37.3 Å². The Morgan fingerprint density at radius 1 is 0.882 bits per heavy atom. The van der Waals surface area contributed by atoms with Crippen molar-refractivity contribution in [3.8, 4) is 17.2 Å². The van der Waals surface area contributed by atoms with Gasteiger partial charge >= 0.3 is 11.4 Å². The lowest BCUT2D eigenvalue weighted by atomic mass is 9.53. The van der Waals surface area contributed by atoms with Gasteiger partial charge in [0.05, 0.1) is 46.9 Å².